The molecule has 2 aliphatic carbocycles. The summed E-state index contributed by atoms with van der Waals surface area (Å²) in [6, 6.07) is 28.8. The molecule has 19 nitrogen and oxygen atoms in total. The molecule has 0 radical (unpaired) electrons. The second kappa shape index (κ2) is 24.0. The van der Waals surface area contributed by atoms with Gasteiger partial charge in [0.2, 0.25) is 0 Å². The molecular formula is C65H62Cl2F2N16O3. The number of halogens is 4. The Bertz CT molecular complexity index is 4320. The number of fused-ring (bicyclic) bond motifs is 4. The van der Waals surface area contributed by atoms with Crippen LogP contribution in [0.15, 0.2) is 135 Å². The molecule has 2 aliphatic heterocycles. The van der Waals surface area contributed by atoms with Crippen molar-refractivity contribution in [2.75, 3.05) is 36.0 Å². The van der Waals surface area contributed by atoms with Crippen molar-refractivity contribution in [3.8, 4) is 56.9 Å². The maximum atomic E-state index is 14.3. The molecule has 23 heteroatoms. The van der Waals surface area contributed by atoms with Gasteiger partial charge >= 0.3 is 5.97 Å². The van der Waals surface area contributed by atoms with Crippen LogP contribution in [-0.4, -0.2) is 103 Å². The summed E-state index contributed by atoms with van der Waals surface area (Å²) in [5, 5.41) is 48.8. The minimum atomic E-state index is -1.35. The van der Waals surface area contributed by atoms with Crippen molar-refractivity contribution in [2.45, 2.75) is 58.0 Å². The number of carbonyl (C=O) groups is 2. The van der Waals surface area contributed by atoms with Gasteiger partial charge in [0.1, 0.15) is 41.0 Å². The lowest BCUT2D eigenvalue weighted by Gasteiger charge is -2.29. The molecule has 6 atom stereocenters. The van der Waals surface area contributed by atoms with Gasteiger partial charge in [-0.3, -0.25) is 14.2 Å². The molecule has 2 saturated carbocycles. The third kappa shape index (κ3) is 11.9. The Balaban J connectivity index is 0.000000157. The van der Waals surface area contributed by atoms with Crippen LogP contribution < -0.4 is 20.9 Å². The molecule has 4 aliphatic rings. The van der Waals surface area contributed by atoms with Crippen LogP contribution in [0, 0.1) is 58.0 Å². The fourth-order valence-electron chi connectivity index (χ4n) is 13.3. The number of amides is 1. The van der Waals surface area contributed by atoms with Crippen molar-refractivity contribution in [2.24, 2.45) is 43.5 Å². The maximum Gasteiger partial charge on any atom is 0.340 e. The first kappa shape index (κ1) is 60.2. The number of nitrogens with zero attached hydrogens (tertiary/aromatic N) is 14. The van der Waals surface area contributed by atoms with Crippen LogP contribution in [0.5, 0.6) is 0 Å². The van der Waals surface area contributed by atoms with Gasteiger partial charge in [-0.25, -0.2) is 32.6 Å². The Morgan fingerprint density at radius 3 is 1.43 bits per heavy atom. The van der Waals surface area contributed by atoms with Gasteiger partial charge in [0, 0.05) is 122 Å². The SMILES string of the molecule is C.Cn1ccc(-c2cc(-c3ccc(N4C[C@@H]5CC(C)(N)C[C@@H]5C4)nc3)c3c(C#N)cnn3c2)n1.Cn1ccc(-c2cc(-c3ccc(N4C[C@@H]5CC(C)(NC(=O)c6c(F)cccc6Cl)C[C@@H]5C4)nc3)c3c(C#N)cnn3c2)n1.O=C(O)c1c(F)cccc1Cl. The number of hydrogen-bond donors (Lipinski definition) is 3. The number of aromatic nitrogens is 10. The first-order valence-electron chi connectivity index (χ1n) is 28.2. The number of benzene rings is 2. The maximum absolute atomic E-state index is 14.3. The highest BCUT2D eigenvalue weighted by Crippen LogP contribution is 2.46. The Labute approximate surface area is 516 Å². The van der Waals surface area contributed by atoms with Gasteiger partial charge in [0.05, 0.1) is 61.6 Å². The van der Waals surface area contributed by atoms with Crippen LogP contribution in [0.2, 0.25) is 10.0 Å². The van der Waals surface area contributed by atoms with Crippen LogP contribution in [0.25, 0.3) is 55.8 Å². The zero-order valence-electron chi connectivity index (χ0n) is 47.8. The monoisotopic (exact) mass is 1220 g/mol. The van der Waals surface area contributed by atoms with E-state index in [9.17, 15) is 28.9 Å². The number of rotatable bonds is 9. The first-order valence-corrected chi connectivity index (χ1v) is 29.0. The van der Waals surface area contributed by atoms with Gasteiger partial charge in [-0.05, 0) is 136 Å². The summed E-state index contributed by atoms with van der Waals surface area (Å²) in [6.45, 7) is 7.89. The van der Waals surface area contributed by atoms with Gasteiger partial charge in [0.25, 0.3) is 5.91 Å². The first-order chi connectivity index (χ1) is 41.7. The number of anilines is 2. The predicted octanol–water partition coefficient (Wildman–Crippen LogP) is 11.5. The number of nitrogens with one attached hydrogen (secondary N) is 1. The lowest BCUT2D eigenvalue weighted by atomic mass is 9.97. The van der Waals surface area contributed by atoms with Crippen molar-refractivity contribution >= 4 is 57.7 Å². The van der Waals surface area contributed by atoms with Gasteiger partial charge in [-0.2, -0.15) is 30.9 Å². The number of carboxylic acids is 1. The lowest BCUT2D eigenvalue weighted by molar-refractivity contribution is 0.0691. The largest absolute Gasteiger partial charge is 0.478 e. The third-order valence-electron chi connectivity index (χ3n) is 17.1. The quantitative estimate of drug-likeness (QED) is 0.122. The predicted molar refractivity (Wildman–Crippen MR) is 333 cm³/mol. The van der Waals surface area contributed by atoms with Gasteiger partial charge in [-0.15, -0.1) is 0 Å². The molecule has 10 aromatic rings. The summed E-state index contributed by atoms with van der Waals surface area (Å²) in [6.07, 6.45) is 18.3. The molecule has 0 bridgehead atoms. The van der Waals surface area contributed by atoms with Crippen LogP contribution >= 0.6 is 23.2 Å². The summed E-state index contributed by atoms with van der Waals surface area (Å²) >= 11 is 11.5. The van der Waals surface area contributed by atoms with Crippen molar-refractivity contribution in [3.63, 3.8) is 0 Å². The van der Waals surface area contributed by atoms with E-state index < -0.39 is 34.6 Å². The molecule has 0 spiro atoms. The minimum Gasteiger partial charge on any atom is -0.478 e. The molecule has 14 rings (SSSR count). The molecule has 88 heavy (non-hydrogen) atoms. The number of aryl methyl sites for hydroxylation is 2. The molecule has 10 heterocycles. The molecule has 448 valence electrons. The molecule has 1 amide bonds. The Morgan fingerprint density at radius 2 is 1.07 bits per heavy atom. The highest BCUT2D eigenvalue weighted by atomic mass is 35.5. The van der Waals surface area contributed by atoms with Crippen LogP contribution in [0.3, 0.4) is 0 Å². The molecule has 8 aromatic heterocycles. The van der Waals surface area contributed by atoms with E-state index in [-0.39, 0.29) is 28.6 Å². The molecule has 2 saturated heterocycles. The number of carbonyl (C=O) groups excluding carboxylic acids is 1. The number of nitriles is 2. The average molecular weight is 1220 g/mol. The van der Waals surface area contributed by atoms with Crippen LogP contribution in [-0.2, 0) is 14.1 Å². The van der Waals surface area contributed by atoms with Gasteiger partial charge in [-0.1, -0.05) is 42.8 Å². The standard InChI is InChI=1S/C32H28ClFN8O.C25H26N8.C7H4ClFO2.CH4/c1-32(38-31(43)29-25(33)4-3-5-26(29)34)11-21-16-41(17-22(21)12-32)28-7-6-19(14-36-28)24-10-20(27-8-9-40(2)39-27)18-42-30(24)23(13-35)15-37-42;1-25(27)8-18-13-32(14-19(18)9-25)23-4-3-16(11-28-23)21-7-17(22-5-6-31(2)30-22)15-33-24(21)20(10-26)12-29-33;8-4-2-1-3-5(9)6(4)7(10)11;/h3-10,14-15,18,21-22H,11-12,16-17H2,1-2H3,(H,38,43);3-7,11-12,15,18-19H,8-9,13-14,27H2,1-2H3;1-3H,(H,10,11);1H4/t21-,22+,32?;18-,19+,25?;;. The van der Waals surface area contributed by atoms with E-state index in [1.165, 1.54) is 30.3 Å². The molecule has 4 N–H and O–H groups in total. The van der Waals surface area contributed by atoms with Crippen LogP contribution in [0.1, 0.15) is 78.8 Å². The average Bonchev–Trinajstić information content (AvgIpc) is 1.75. The van der Waals surface area contributed by atoms with Crippen molar-refractivity contribution in [1.82, 2.24) is 54.1 Å². The zero-order valence-corrected chi connectivity index (χ0v) is 49.3. The van der Waals surface area contributed by atoms with E-state index in [1.807, 2.05) is 88.5 Å². The van der Waals surface area contributed by atoms with E-state index >= 15 is 0 Å². The lowest BCUT2D eigenvalue weighted by Crippen LogP contribution is -2.45. The Morgan fingerprint density at radius 1 is 0.636 bits per heavy atom. The Kier molecular flexibility index (Phi) is 16.4. The summed E-state index contributed by atoms with van der Waals surface area (Å²) in [5.74, 6) is 0.684. The van der Waals surface area contributed by atoms with E-state index in [0.29, 0.717) is 34.8 Å². The van der Waals surface area contributed by atoms with Gasteiger partial charge < -0.3 is 26.0 Å². The van der Waals surface area contributed by atoms with E-state index in [2.05, 4.69) is 72.8 Å². The molecular weight excluding hydrogens is 1160 g/mol. The smallest absolute Gasteiger partial charge is 0.340 e. The summed E-state index contributed by atoms with van der Waals surface area (Å²) < 4.78 is 34.0. The number of carboxylic acid groups (broad SMARTS) is 1. The summed E-state index contributed by atoms with van der Waals surface area (Å²) in [5.41, 5.74) is 15.0. The molecule has 2 aromatic carbocycles. The van der Waals surface area contributed by atoms with Crippen LogP contribution in [0.4, 0.5) is 20.4 Å². The minimum absolute atomic E-state index is 0. The highest BCUT2D eigenvalue weighted by Gasteiger charge is 2.48. The van der Waals surface area contributed by atoms with E-state index in [4.69, 9.17) is 44.0 Å². The topological polar surface area (TPSA) is 243 Å². The number of aromatic carboxylic acids is 1. The number of nitrogens with two attached hydrogens (primary N) is 1. The van der Waals surface area contributed by atoms with Crippen molar-refractivity contribution < 1.29 is 23.5 Å². The number of hydrogen-bond acceptors (Lipinski definition) is 13. The fraction of sp³-hybridized carbons (Fsp3) is 0.292. The summed E-state index contributed by atoms with van der Waals surface area (Å²) in [4.78, 5) is 37.6. The third-order valence-corrected chi connectivity index (χ3v) is 17.7. The normalized spacial score (nSPS) is 20.7. The Hall–Kier alpha value is -9.54. The highest BCUT2D eigenvalue weighted by molar-refractivity contribution is 6.34. The zero-order chi connectivity index (χ0) is 61.1. The fourth-order valence-corrected chi connectivity index (χ4v) is 13.8. The number of pyridine rings is 4. The molecule has 4 fully saturated rings. The van der Waals surface area contributed by atoms with E-state index in [0.717, 1.165) is 125 Å². The van der Waals surface area contributed by atoms with Crippen molar-refractivity contribution in [3.05, 3.63) is 178 Å². The van der Waals surface area contributed by atoms with Gasteiger partial charge in [0.15, 0.2) is 0 Å². The second-order valence-electron chi connectivity index (χ2n) is 23.6. The summed E-state index contributed by atoms with van der Waals surface area (Å²) in [7, 11) is 3.77. The second-order valence-corrected chi connectivity index (χ2v) is 24.4. The molecule has 2 unspecified atom stereocenters. The van der Waals surface area contributed by atoms with Crippen molar-refractivity contribution in [1.29, 1.82) is 10.5 Å². The van der Waals surface area contributed by atoms with E-state index in [1.54, 1.807) is 30.8 Å².